The zero-order valence-electron chi connectivity index (χ0n) is 12.2. The number of halogens is 1. The Balaban J connectivity index is 2.08. The van der Waals surface area contributed by atoms with Gasteiger partial charge in [-0.25, -0.2) is 0 Å². The molecule has 1 N–H and O–H groups in total. The fraction of sp³-hybridized carbons (Fsp3) is 0.118. The lowest BCUT2D eigenvalue weighted by Crippen LogP contribution is -2.12. The molecule has 3 rings (SSSR count). The van der Waals surface area contributed by atoms with Crippen LogP contribution >= 0.6 is 11.6 Å². The van der Waals surface area contributed by atoms with Crippen molar-refractivity contribution in [1.82, 2.24) is 9.97 Å². The van der Waals surface area contributed by atoms with Crippen molar-refractivity contribution in [3.63, 3.8) is 0 Å². The molecule has 0 aliphatic heterocycles. The molecular weight excluding hydrogens is 298 g/mol. The van der Waals surface area contributed by atoms with E-state index in [1.165, 1.54) is 0 Å². The van der Waals surface area contributed by atoms with Crippen molar-refractivity contribution in [2.75, 3.05) is 5.32 Å². The van der Waals surface area contributed by atoms with Gasteiger partial charge in [0.15, 0.2) is 0 Å². The van der Waals surface area contributed by atoms with Crippen LogP contribution in [-0.4, -0.2) is 15.9 Å². The summed E-state index contributed by atoms with van der Waals surface area (Å²) >= 11 is 6.16. The molecule has 0 spiro atoms. The molecule has 110 valence electrons. The highest BCUT2D eigenvalue weighted by Gasteiger charge is 2.12. The molecule has 0 aliphatic rings. The topological polar surface area (TPSA) is 54.9 Å². The highest BCUT2D eigenvalue weighted by Crippen LogP contribution is 2.29. The Morgan fingerprint density at radius 2 is 1.86 bits per heavy atom. The van der Waals surface area contributed by atoms with Crippen molar-refractivity contribution in [2.45, 2.75) is 13.8 Å². The molecule has 22 heavy (non-hydrogen) atoms. The number of hydrogen-bond donors (Lipinski definition) is 1. The average Bonchev–Trinajstić information content (AvgIpc) is 2.52. The summed E-state index contributed by atoms with van der Waals surface area (Å²) in [6.07, 6.45) is 3.18. The molecule has 2 aromatic heterocycles. The number of nitrogens with zero attached hydrogens (tertiary/aromatic N) is 2. The summed E-state index contributed by atoms with van der Waals surface area (Å²) in [5, 5.41) is 4.47. The van der Waals surface area contributed by atoms with Crippen molar-refractivity contribution in [2.24, 2.45) is 0 Å². The van der Waals surface area contributed by atoms with Crippen LogP contribution in [0.15, 0.2) is 42.7 Å². The third-order valence-electron chi connectivity index (χ3n) is 3.49. The van der Waals surface area contributed by atoms with E-state index in [-0.39, 0.29) is 5.91 Å². The van der Waals surface area contributed by atoms with Crippen LogP contribution in [0.25, 0.3) is 10.9 Å². The number of carbonyl (C=O) groups excluding carboxylic acids is 1. The molecular formula is C17H14ClN3O. The number of rotatable bonds is 2. The van der Waals surface area contributed by atoms with E-state index >= 15 is 0 Å². The fourth-order valence-electron chi connectivity index (χ4n) is 2.33. The molecule has 0 fully saturated rings. The maximum Gasteiger partial charge on any atom is 0.255 e. The standard InChI is InChI=1S/C17H14ClN3O/c1-10-9-15(21-17(22)12-5-7-19-8-6-12)13-3-4-14(18)11(2)16(13)20-10/h3-9H,1-2H3,(H,20,21,22). The summed E-state index contributed by atoms with van der Waals surface area (Å²) in [4.78, 5) is 20.8. The van der Waals surface area contributed by atoms with E-state index < -0.39 is 0 Å². The van der Waals surface area contributed by atoms with Crippen LogP contribution in [0.2, 0.25) is 5.02 Å². The van der Waals surface area contributed by atoms with Crippen LogP contribution in [0, 0.1) is 13.8 Å². The Kier molecular flexibility index (Phi) is 3.77. The van der Waals surface area contributed by atoms with Gasteiger partial charge in [-0.2, -0.15) is 0 Å². The minimum absolute atomic E-state index is 0.179. The molecule has 1 aromatic carbocycles. The molecule has 0 radical (unpaired) electrons. The van der Waals surface area contributed by atoms with Gasteiger partial charge in [0.2, 0.25) is 0 Å². The smallest absolute Gasteiger partial charge is 0.255 e. The Morgan fingerprint density at radius 3 is 2.59 bits per heavy atom. The number of aromatic nitrogens is 2. The SMILES string of the molecule is Cc1cc(NC(=O)c2ccncc2)c2ccc(Cl)c(C)c2n1. The second-order valence-electron chi connectivity index (χ2n) is 5.07. The van der Waals surface area contributed by atoms with Crippen molar-refractivity contribution in [3.8, 4) is 0 Å². The third kappa shape index (κ3) is 2.65. The number of amides is 1. The molecule has 3 aromatic rings. The van der Waals surface area contributed by atoms with Crippen LogP contribution in [0.5, 0.6) is 0 Å². The van der Waals surface area contributed by atoms with E-state index in [0.717, 1.165) is 27.8 Å². The van der Waals surface area contributed by atoms with E-state index in [2.05, 4.69) is 15.3 Å². The number of anilines is 1. The maximum atomic E-state index is 12.3. The van der Waals surface area contributed by atoms with E-state index in [4.69, 9.17) is 11.6 Å². The van der Waals surface area contributed by atoms with Gasteiger partial charge in [-0.3, -0.25) is 14.8 Å². The Hall–Kier alpha value is -2.46. The number of pyridine rings is 2. The number of aryl methyl sites for hydroxylation is 2. The average molecular weight is 312 g/mol. The molecule has 0 aliphatic carbocycles. The quantitative estimate of drug-likeness (QED) is 0.773. The predicted octanol–water partition coefficient (Wildman–Crippen LogP) is 4.15. The van der Waals surface area contributed by atoms with E-state index in [9.17, 15) is 4.79 Å². The lowest BCUT2D eigenvalue weighted by Gasteiger charge is -2.12. The van der Waals surface area contributed by atoms with Crippen molar-refractivity contribution < 1.29 is 4.79 Å². The Morgan fingerprint density at radius 1 is 1.14 bits per heavy atom. The van der Waals surface area contributed by atoms with Gasteiger partial charge in [0.25, 0.3) is 5.91 Å². The molecule has 0 saturated heterocycles. The molecule has 0 unspecified atom stereocenters. The number of carbonyl (C=O) groups is 1. The minimum atomic E-state index is -0.179. The van der Waals surface area contributed by atoms with Gasteiger partial charge in [-0.1, -0.05) is 11.6 Å². The summed E-state index contributed by atoms with van der Waals surface area (Å²) in [6, 6.07) is 8.90. The number of fused-ring (bicyclic) bond motifs is 1. The monoisotopic (exact) mass is 311 g/mol. The summed E-state index contributed by atoms with van der Waals surface area (Å²) < 4.78 is 0. The lowest BCUT2D eigenvalue weighted by molar-refractivity contribution is 0.102. The summed E-state index contributed by atoms with van der Waals surface area (Å²) in [7, 11) is 0. The van der Waals surface area contributed by atoms with E-state index in [1.54, 1.807) is 24.5 Å². The van der Waals surface area contributed by atoms with Gasteiger partial charge in [-0.15, -0.1) is 0 Å². The zero-order chi connectivity index (χ0) is 15.7. The van der Waals surface area contributed by atoms with Gasteiger partial charge in [0.05, 0.1) is 11.2 Å². The van der Waals surface area contributed by atoms with Crippen molar-refractivity contribution in [3.05, 3.63) is 64.6 Å². The number of hydrogen-bond acceptors (Lipinski definition) is 3. The predicted molar refractivity (Wildman–Crippen MR) is 88.4 cm³/mol. The highest BCUT2D eigenvalue weighted by molar-refractivity contribution is 6.32. The molecule has 4 nitrogen and oxygen atoms in total. The first-order valence-corrected chi connectivity index (χ1v) is 7.22. The van der Waals surface area contributed by atoms with Crippen LogP contribution in [0.1, 0.15) is 21.6 Å². The lowest BCUT2D eigenvalue weighted by atomic mass is 10.1. The molecule has 0 atom stereocenters. The molecule has 0 bridgehead atoms. The highest BCUT2D eigenvalue weighted by atomic mass is 35.5. The van der Waals surface area contributed by atoms with Gasteiger partial charge in [0, 0.05) is 34.1 Å². The summed E-state index contributed by atoms with van der Waals surface area (Å²) in [6.45, 7) is 3.81. The van der Waals surface area contributed by atoms with E-state index in [1.807, 2.05) is 32.0 Å². The van der Waals surface area contributed by atoms with Crippen LogP contribution in [0.4, 0.5) is 5.69 Å². The number of benzene rings is 1. The van der Waals surface area contributed by atoms with Crippen molar-refractivity contribution in [1.29, 1.82) is 0 Å². The Bertz CT molecular complexity index is 863. The van der Waals surface area contributed by atoms with Gasteiger partial charge in [-0.05, 0) is 49.7 Å². The first-order chi connectivity index (χ1) is 10.6. The minimum Gasteiger partial charge on any atom is -0.321 e. The Labute approximate surface area is 133 Å². The summed E-state index contributed by atoms with van der Waals surface area (Å²) in [5.74, 6) is -0.179. The third-order valence-corrected chi connectivity index (χ3v) is 3.90. The van der Waals surface area contributed by atoms with Crippen LogP contribution < -0.4 is 5.32 Å². The van der Waals surface area contributed by atoms with Crippen molar-refractivity contribution >= 4 is 34.1 Å². The zero-order valence-corrected chi connectivity index (χ0v) is 13.0. The number of nitrogens with one attached hydrogen (secondary N) is 1. The van der Waals surface area contributed by atoms with Gasteiger partial charge in [0.1, 0.15) is 0 Å². The first kappa shape index (κ1) is 14.5. The molecule has 0 saturated carbocycles. The first-order valence-electron chi connectivity index (χ1n) is 6.84. The van der Waals surface area contributed by atoms with Gasteiger partial charge < -0.3 is 5.32 Å². The summed E-state index contributed by atoms with van der Waals surface area (Å²) in [5.41, 5.74) is 3.81. The fourth-order valence-corrected chi connectivity index (χ4v) is 2.49. The normalized spacial score (nSPS) is 10.7. The molecule has 2 heterocycles. The van der Waals surface area contributed by atoms with Crippen LogP contribution in [-0.2, 0) is 0 Å². The van der Waals surface area contributed by atoms with Gasteiger partial charge >= 0.3 is 0 Å². The van der Waals surface area contributed by atoms with E-state index in [0.29, 0.717) is 10.6 Å². The largest absolute Gasteiger partial charge is 0.321 e. The van der Waals surface area contributed by atoms with Crippen LogP contribution in [0.3, 0.4) is 0 Å². The molecule has 1 amide bonds. The second-order valence-corrected chi connectivity index (χ2v) is 5.48. The molecule has 5 heteroatoms. The second kappa shape index (κ2) is 5.73. The maximum absolute atomic E-state index is 12.3.